The van der Waals surface area contributed by atoms with Gasteiger partial charge in [-0.1, -0.05) is 24.3 Å². The van der Waals surface area contributed by atoms with E-state index >= 15 is 0 Å². The molecule has 43 heavy (non-hydrogen) atoms. The number of amides is 1. The maximum absolute atomic E-state index is 12.5. The Labute approximate surface area is 252 Å². The number of non-ortho nitro benzene ring substituents is 1. The van der Waals surface area contributed by atoms with Crippen LogP contribution in [0.2, 0.25) is 0 Å². The minimum Gasteiger partial charge on any atom is -0.484 e. The number of carbonyl (C=O) groups is 1. The molecule has 3 heterocycles. The van der Waals surface area contributed by atoms with Crippen molar-refractivity contribution in [3.63, 3.8) is 0 Å². The SMILES string of the molecule is O=C(COc1ccccc1)Nc1ccc(N2C(=S)N[C@H](c3ccccn3)[C@@H]2c2cccn2-c2ccc([N+](=O)[O-])cc2)cc1. The normalized spacial score (nSPS) is 16.0. The summed E-state index contributed by atoms with van der Waals surface area (Å²) >= 11 is 5.86. The number of thiocarbonyl (C=S) groups is 1. The molecule has 1 fully saturated rings. The topological polar surface area (TPSA) is 115 Å². The molecule has 214 valence electrons. The first kappa shape index (κ1) is 27.6. The number of nitro groups is 1. The summed E-state index contributed by atoms with van der Waals surface area (Å²) in [6.45, 7) is -0.112. The zero-order valence-corrected chi connectivity index (χ0v) is 23.6. The van der Waals surface area contributed by atoms with Gasteiger partial charge in [0, 0.05) is 47.3 Å². The zero-order chi connectivity index (χ0) is 29.8. The second kappa shape index (κ2) is 12.1. The highest BCUT2D eigenvalue weighted by Gasteiger charge is 2.42. The van der Waals surface area contributed by atoms with Gasteiger partial charge in [0.1, 0.15) is 11.8 Å². The average molecular weight is 591 g/mol. The lowest BCUT2D eigenvalue weighted by Crippen LogP contribution is -2.30. The van der Waals surface area contributed by atoms with Gasteiger partial charge >= 0.3 is 0 Å². The molecule has 1 amide bonds. The van der Waals surface area contributed by atoms with Crippen molar-refractivity contribution >= 4 is 40.3 Å². The Morgan fingerprint density at radius 1 is 0.930 bits per heavy atom. The lowest BCUT2D eigenvalue weighted by atomic mass is 10.0. The maximum atomic E-state index is 12.5. The summed E-state index contributed by atoms with van der Waals surface area (Å²) in [5.41, 5.74) is 3.96. The number of aromatic nitrogens is 2. The minimum absolute atomic E-state index is 0.0213. The van der Waals surface area contributed by atoms with Crippen LogP contribution in [0.15, 0.2) is 122 Å². The van der Waals surface area contributed by atoms with Crippen LogP contribution in [0.3, 0.4) is 0 Å². The van der Waals surface area contributed by atoms with Crippen molar-refractivity contribution < 1.29 is 14.5 Å². The van der Waals surface area contributed by atoms with E-state index in [1.165, 1.54) is 12.1 Å². The molecule has 6 rings (SSSR count). The number of nitrogens with one attached hydrogen (secondary N) is 2. The van der Waals surface area contributed by atoms with Crippen molar-refractivity contribution in [2.75, 3.05) is 16.8 Å². The number of nitrogens with zero attached hydrogens (tertiary/aromatic N) is 4. The number of carbonyl (C=O) groups excluding carboxylic acids is 1. The molecule has 3 aromatic carbocycles. The second-order valence-corrected chi connectivity index (χ2v) is 10.2. The van der Waals surface area contributed by atoms with Crippen molar-refractivity contribution in [1.82, 2.24) is 14.9 Å². The van der Waals surface area contributed by atoms with Gasteiger partial charge in [0.25, 0.3) is 11.6 Å². The van der Waals surface area contributed by atoms with Gasteiger partial charge in [-0.15, -0.1) is 0 Å². The molecule has 2 aromatic heterocycles. The van der Waals surface area contributed by atoms with Gasteiger partial charge in [0.05, 0.1) is 16.7 Å². The summed E-state index contributed by atoms with van der Waals surface area (Å²) < 4.78 is 7.54. The Morgan fingerprint density at radius 3 is 2.35 bits per heavy atom. The number of rotatable bonds is 9. The number of para-hydroxylation sites is 1. The number of benzene rings is 3. The maximum Gasteiger partial charge on any atom is 0.269 e. The Kier molecular flexibility index (Phi) is 7.79. The molecule has 10 nitrogen and oxygen atoms in total. The lowest BCUT2D eigenvalue weighted by Gasteiger charge is -2.29. The summed E-state index contributed by atoms with van der Waals surface area (Å²) in [7, 11) is 0. The van der Waals surface area contributed by atoms with Crippen LogP contribution in [0, 0.1) is 10.1 Å². The van der Waals surface area contributed by atoms with Gasteiger partial charge in [-0.3, -0.25) is 19.9 Å². The van der Waals surface area contributed by atoms with E-state index in [-0.39, 0.29) is 30.3 Å². The highest BCUT2D eigenvalue weighted by Crippen LogP contribution is 2.42. The first-order chi connectivity index (χ1) is 21.0. The van der Waals surface area contributed by atoms with Crippen LogP contribution in [0.4, 0.5) is 17.1 Å². The number of hydrogen-bond donors (Lipinski definition) is 2. The van der Waals surface area contributed by atoms with E-state index in [1.807, 2.05) is 88.5 Å². The molecule has 11 heteroatoms. The molecule has 0 bridgehead atoms. The number of nitro benzene ring substituents is 1. The molecule has 2 atom stereocenters. The first-order valence-electron chi connectivity index (χ1n) is 13.5. The molecule has 5 aromatic rings. The smallest absolute Gasteiger partial charge is 0.269 e. The molecule has 1 saturated heterocycles. The van der Waals surface area contributed by atoms with E-state index in [9.17, 15) is 14.9 Å². The fourth-order valence-electron chi connectivity index (χ4n) is 5.11. The van der Waals surface area contributed by atoms with Crippen LogP contribution in [0.1, 0.15) is 23.5 Å². The summed E-state index contributed by atoms with van der Waals surface area (Å²) in [6, 6.07) is 32.1. The summed E-state index contributed by atoms with van der Waals surface area (Å²) in [5, 5.41) is 18.0. The third kappa shape index (κ3) is 5.92. The third-order valence-corrected chi connectivity index (χ3v) is 7.38. The Bertz CT molecular complexity index is 1740. The predicted octanol–water partition coefficient (Wildman–Crippen LogP) is 5.98. The third-order valence-electron chi connectivity index (χ3n) is 7.06. The summed E-state index contributed by atoms with van der Waals surface area (Å²) in [6.07, 6.45) is 3.66. The van der Waals surface area contributed by atoms with Gasteiger partial charge in [0.15, 0.2) is 11.7 Å². The molecule has 1 aliphatic heterocycles. The van der Waals surface area contributed by atoms with E-state index in [4.69, 9.17) is 17.0 Å². The van der Waals surface area contributed by atoms with E-state index in [1.54, 1.807) is 30.5 Å². The van der Waals surface area contributed by atoms with Crippen molar-refractivity contribution in [3.8, 4) is 11.4 Å². The highest BCUT2D eigenvalue weighted by molar-refractivity contribution is 7.80. The van der Waals surface area contributed by atoms with Gasteiger partial charge < -0.3 is 24.8 Å². The molecule has 1 aliphatic rings. The first-order valence-corrected chi connectivity index (χ1v) is 13.9. The van der Waals surface area contributed by atoms with E-state index in [2.05, 4.69) is 15.6 Å². The summed E-state index contributed by atoms with van der Waals surface area (Å²) in [5.74, 6) is 0.346. The largest absolute Gasteiger partial charge is 0.484 e. The van der Waals surface area contributed by atoms with Crippen LogP contribution in [-0.2, 0) is 4.79 Å². The number of hydrogen-bond acceptors (Lipinski definition) is 6. The monoisotopic (exact) mass is 590 g/mol. The van der Waals surface area contributed by atoms with Crippen molar-refractivity contribution in [3.05, 3.63) is 143 Å². The molecule has 0 aliphatic carbocycles. The van der Waals surface area contributed by atoms with Crippen LogP contribution < -0.4 is 20.3 Å². The Morgan fingerprint density at radius 2 is 1.65 bits per heavy atom. The minimum atomic E-state index is -0.416. The number of pyridine rings is 1. The van der Waals surface area contributed by atoms with Crippen molar-refractivity contribution in [2.45, 2.75) is 12.1 Å². The highest BCUT2D eigenvalue weighted by atomic mass is 32.1. The molecule has 0 radical (unpaired) electrons. The van der Waals surface area contributed by atoms with E-state index in [0.717, 1.165) is 22.8 Å². The lowest BCUT2D eigenvalue weighted by molar-refractivity contribution is -0.384. The fourth-order valence-corrected chi connectivity index (χ4v) is 5.45. The quantitative estimate of drug-likeness (QED) is 0.123. The predicted molar refractivity (Wildman–Crippen MR) is 167 cm³/mol. The molecule has 0 spiro atoms. The second-order valence-electron chi connectivity index (χ2n) is 9.77. The van der Waals surface area contributed by atoms with Crippen LogP contribution in [0.25, 0.3) is 5.69 Å². The average Bonchev–Trinajstić information content (AvgIpc) is 3.66. The summed E-state index contributed by atoms with van der Waals surface area (Å²) in [4.78, 5) is 29.9. The molecule has 0 saturated carbocycles. The van der Waals surface area contributed by atoms with Crippen molar-refractivity contribution in [2.24, 2.45) is 0 Å². The standard InChI is InChI=1S/C32H26N6O4S/c39-29(21-42-26-7-2-1-3-8-26)34-22-11-13-24(14-12-22)37-31(30(35-32(37)43)27-9-4-5-19-33-27)28-10-6-20-36(28)23-15-17-25(18-16-23)38(40)41/h1-20,30-31H,21H2,(H,34,39)(H,35,43)/t30-,31+/m1/s1. The number of anilines is 2. The van der Waals surface area contributed by atoms with Gasteiger partial charge in [-0.25, -0.2) is 0 Å². The molecule has 2 N–H and O–H groups in total. The molecular weight excluding hydrogens is 564 g/mol. The van der Waals surface area contributed by atoms with E-state index < -0.39 is 4.92 Å². The fraction of sp³-hybridized carbons (Fsp3) is 0.0938. The van der Waals surface area contributed by atoms with Gasteiger partial charge in [0.2, 0.25) is 0 Å². The van der Waals surface area contributed by atoms with Crippen LogP contribution >= 0.6 is 12.2 Å². The Balaban J connectivity index is 1.29. The van der Waals surface area contributed by atoms with E-state index in [0.29, 0.717) is 16.5 Å². The van der Waals surface area contributed by atoms with Crippen LogP contribution in [-0.4, -0.2) is 32.1 Å². The number of ether oxygens (including phenoxy) is 1. The molecular formula is C32H26N6O4S. The zero-order valence-electron chi connectivity index (χ0n) is 22.7. The Hall–Kier alpha value is -5.55. The van der Waals surface area contributed by atoms with Gasteiger partial charge in [-0.05, 0) is 85.0 Å². The van der Waals surface area contributed by atoms with Gasteiger partial charge in [-0.2, -0.15) is 0 Å². The molecule has 0 unspecified atom stereocenters. The van der Waals surface area contributed by atoms with Crippen molar-refractivity contribution in [1.29, 1.82) is 0 Å². The van der Waals surface area contributed by atoms with Crippen LogP contribution in [0.5, 0.6) is 5.75 Å².